The lowest BCUT2D eigenvalue weighted by molar-refractivity contribution is -0.0386. The SMILES string of the molecule is CC(C)C1CC(C)(F)CN1C(C)C.CC(C)C1CC(C)(O)CN1C(C)C.CC(C)C1CC(F)(F)CN1C(C)C.CC(C)C1CC(F)CN1C(C)C.CC(C)C1CC(O)CN1C(C)C.CC(C)C1CC2(CCC2)CN1C(C)C.CC(C)C1CC2(CCCC2)CN1C(C)C.CC(C)C1CC2(CNC(=O)O2)CN1C(C)C.CC(C)C1COCCN1C(C)C.CC1=NOC2(C1)CC(C(C)C)N(C(C)C)C2.COC1CC(C(C)C)N(C(C)C)C1. The Morgan fingerprint density at radius 2 is 0.691 bits per heavy atom. The molecule has 1 amide bonds. The number of ether oxygens (including phenoxy) is 3. The first-order valence-corrected chi connectivity index (χ1v) is 61.4. The van der Waals surface area contributed by atoms with Crippen LogP contribution in [0.2, 0.25) is 0 Å². The number of aliphatic hydroxyl groups excluding tert-OH is 1. The Labute approximate surface area is 918 Å². The normalized spacial score (nSPS) is 32.6. The van der Waals surface area contributed by atoms with Crippen LogP contribution < -0.4 is 5.32 Å². The van der Waals surface area contributed by atoms with Crippen molar-refractivity contribution in [3.05, 3.63) is 0 Å². The summed E-state index contributed by atoms with van der Waals surface area (Å²) in [6.07, 6.45) is 20.5. The molecule has 0 aromatic rings. The zero-order valence-corrected chi connectivity index (χ0v) is 106. The Morgan fingerprint density at radius 3 is 1.00 bits per heavy atom. The van der Waals surface area contributed by atoms with Crippen molar-refractivity contribution in [3.8, 4) is 0 Å². The van der Waals surface area contributed by atoms with Gasteiger partial charge in [-0.25, -0.2) is 22.4 Å². The van der Waals surface area contributed by atoms with Crippen LogP contribution in [-0.2, 0) is 19.0 Å². The molecule has 24 heteroatoms. The van der Waals surface area contributed by atoms with Crippen molar-refractivity contribution in [2.45, 2.75) is 621 Å². The fraction of sp³-hybridized carbons (Fsp3) is 0.984. The van der Waals surface area contributed by atoms with E-state index >= 15 is 0 Å². The molecule has 0 aromatic carbocycles. The molecular formula is C125H247F4N13O7. The van der Waals surface area contributed by atoms with Crippen molar-refractivity contribution in [2.75, 3.05) is 98.9 Å². The molecule has 149 heavy (non-hydrogen) atoms. The Hall–Kier alpha value is -2.14. The van der Waals surface area contributed by atoms with Gasteiger partial charge in [0, 0.05) is 231 Å². The molecule has 882 valence electrons. The average Bonchev–Trinajstić information content (AvgIpc) is 1.61. The number of nitrogens with one attached hydrogen (secondary N) is 1. The van der Waals surface area contributed by atoms with E-state index in [-0.39, 0.29) is 48.4 Å². The van der Waals surface area contributed by atoms with Gasteiger partial charge in [-0.2, -0.15) is 0 Å². The lowest BCUT2D eigenvalue weighted by atomic mass is 9.67. The molecule has 3 N–H and O–H groups in total. The maximum atomic E-state index is 13.8. The number of likely N-dealkylation sites (tertiary alicyclic amines) is 10. The van der Waals surface area contributed by atoms with Gasteiger partial charge in [0.2, 0.25) is 0 Å². The third-order valence-electron chi connectivity index (χ3n) is 36.9. The predicted octanol–water partition coefficient (Wildman–Crippen LogP) is 26.6. The molecule has 2 saturated carbocycles. The molecule has 15 rings (SSSR count). The molecule has 20 nitrogen and oxygen atoms in total. The summed E-state index contributed by atoms with van der Waals surface area (Å²) in [5, 5.41) is 26.4. The summed E-state index contributed by atoms with van der Waals surface area (Å²) >= 11 is 0. The van der Waals surface area contributed by atoms with Crippen molar-refractivity contribution >= 4 is 11.8 Å². The molecule has 18 unspecified atom stereocenters. The topological polar surface area (TPSA) is 154 Å². The van der Waals surface area contributed by atoms with Crippen LogP contribution in [-0.4, -0.2) is 354 Å². The number of oxime groups is 1. The smallest absolute Gasteiger partial charge is 0.407 e. The van der Waals surface area contributed by atoms with Gasteiger partial charge in [-0.1, -0.05) is 177 Å². The number of rotatable bonds is 23. The summed E-state index contributed by atoms with van der Waals surface area (Å²) in [6.45, 7) is 116. The highest BCUT2D eigenvalue weighted by Gasteiger charge is 2.56. The minimum Gasteiger partial charge on any atom is -0.440 e. The van der Waals surface area contributed by atoms with Gasteiger partial charge in [-0.05, 0) is 320 Å². The van der Waals surface area contributed by atoms with Gasteiger partial charge in [-0.3, -0.25) is 53.9 Å². The van der Waals surface area contributed by atoms with Crippen LogP contribution >= 0.6 is 0 Å². The van der Waals surface area contributed by atoms with E-state index in [1.807, 2.05) is 46.6 Å². The van der Waals surface area contributed by atoms with Gasteiger partial charge in [0.15, 0.2) is 5.60 Å². The quantitative estimate of drug-likeness (QED) is 0.0830. The predicted molar refractivity (Wildman–Crippen MR) is 625 cm³/mol. The van der Waals surface area contributed by atoms with Gasteiger partial charge in [-0.15, -0.1) is 0 Å². The van der Waals surface area contributed by atoms with E-state index < -0.39 is 23.4 Å². The summed E-state index contributed by atoms with van der Waals surface area (Å²) in [5.41, 5.74) is 0.893. The number of hydrogen-bond acceptors (Lipinski definition) is 19. The number of morpholine rings is 1. The molecule has 0 bridgehead atoms. The molecule has 0 radical (unpaired) electrons. The van der Waals surface area contributed by atoms with Gasteiger partial charge in [0.05, 0.1) is 49.8 Å². The summed E-state index contributed by atoms with van der Waals surface area (Å²) in [4.78, 5) is 44.0. The van der Waals surface area contributed by atoms with Crippen molar-refractivity contribution in [3.63, 3.8) is 0 Å². The number of methoxy groups -OCH3 is 1. The van der Waals surface area contributed by atoms with Gasteiger partial charge >= 0.3 is 6.09 Å². The Balaban J connectivity index is 0.000000288. The fourth-order valence-corrected chi connectivity index (χ4v) is 28.2. The second-order valence-corrected chi connectivity index (χ2v) is 57.3. The van der Waals surface area contributed by atoms with Crippen LogP contribution in [0.5, 0.6) is 0 Å². The number of aliphatic hydroxyl groups is 2. The van der Waals surface area contributed by atoms with Gasteiger partial charge in [0.25, 0.3) is 5.92 Å². The van der Waals surface area contributed by atoms with Crippen LogP contribution in [0.4, 0.5) is 22.4 Å². The molecule has 14 fully saturated rings. The first-order chi connectivity index (χ1) is 68.7. The number of β-amino-alcohol motifs (C(OH)–C–C–N with tert-alkyl or cyclic N) is 2. The van der Waals surface area contributed by atoms with E-state index in [0.29, 0.717) is 176 Å². The number of hydrogen-bond donors (Lipinski definition) is 3. The van der Waals surface area contributed by atoms with Gasteiger partial charge < -0.3 is 34.6 Å². The van der Waals surface area contributed by atoms with Crippen LogP contribution in [0, 0.1) is 75.9 Å². The Morgan fingerprint density at radius 1 is 0.362 bits per heavy atom. The summed E-state index contributed by atoms with van der Waals surface area (Å²) in [5.74, 6) is 4.65. The van der Waals surface area contributed by atoms with E-state index in [1.165, 1.54) is 77.3 Å². The average molecular weight is 2120 g/mol. The summed E-state index contributed by atoms with van der Waals surface area (Å²) in [6, 6.07) is 12.4. The van der Waals surface area contributed by atoms with Crippen molar-refractivity contribution in [1.29, 1.82) is 0 Å². The number of nitrogens with zero attached hydrogens (tertiary/aromatic N) is 12. The molecule has 13 heterocycles. The van der Waals surface area contributed by atoms with Gasteiger partial charge in [0.1, 0.15) is 17.4 Å². The highest BCUT2D eigenvalue weighted by atomic mass is 19.3. The number of halogens is 4. The molecule has 4 spiro atoms. The largest absolute Gasteiger partial charge is 0.440 e. The lowest BCUT2D eigenvalue weighted by Gasteiger charge is -2.40. The zero-order valence-electron chi connectivity index (χ0n) is 106. The lowest BCUT2D eigenvalue weighted by Crippen LogP contribution is -2.51. The maximum absolute atomic E-state index is 13.8. The fourth-order valence-electron chi connectivity index (χ4n) is 28.2. The number of amides is 1. The van der Waals surface area contributed by atoms with Crippen LogP contribution in [0.15, 0.2) is 5.16 Å². The van der Waals surface area contributed by atoms with Crippen molar-refractivity contribution < 1.29 is 51.6 Å². The second kappa shape index (κ2) is 60.5. The van der Waals surface area contributed by atoms with Crippen molar-refractivity contribution in [2.24, 2.45) is 81.1 Å². The van der Waals surface area contributed by atoms with Crippen LogP contribution in [0.25, 0.3) is 0 Å². The van der Waals surface area contributed by atoms with Crippen molar-refractivity contribution in [1.82, 2.24) is 59.2 Å². The third kappa shape index (κ3) is 40.8. The molecule has 15 aliphatic rings. The van der Waals surface area contributed by atoms with E-state index in [4.69, 9.17) is 19.0 Å². The highest BCUT2D eigenvalue weighted by Crippen LogP contribution is 2.54. The molecule has 0 aromatic heterocycles. The number of alkyl carbamates (subject to hydrolysis) is 1. The first-order valence-electron chi connectivity index (χ1n) is 61.4. The summed E-state index contributed by atoms with van der Waals surface area (Å²) in [7, 11) is 1.83. The molecule has 13 aliphatic heterocycles. The zero-order chi connectivity index (χ0) is 114. The minimum absolute atomic E-state index is 0.0106. The molecule has 18 atom stereocenters. The van der Waals surface area contributed by atoms with E-state index in [9.17, 15) is 32.6 Å². The number of carbonyl (C=O) groups excluding carboxylic acids is 1. The Kier molecular flexibility index (Phi) is 55.8. The van der Waals surface area contributed by atoms with E-state index in [0.717, 1.165) is 149 Å². The minimum atomic E-state index is -2.47. The molecule has 12 saturated heterocycles. The van der Waals surface area contributed by atoms with Crippen LogP contribution in [0.3, 0.4) is 0 Å². The monoisotopic (exact) mass is 2120 g/mol. The first kappa shape index (κ1) is 137. The molecule has 2 aliphatic carbocycles. The second-order valence-electron chi connectivity index (χ2n) is 57.3. The maximum Gasteiger partial charge on any atom is 0.407 e. The Bertz CT molecular complexity index is 3390. The third-order valence-corrected chi connectivity index (χ3v) is 36.9. The van der Waals surface area contributed by atoms with E-state index in [2.05, 4.69) is 343 Å². The molecular weight excluding hydrogens is 1870 g/mol. The number of carbonyl (C=O) groups is 1. The standard InChI is InChI=1S/C14H27N.C13H24N2O.C13H25N.C12H22N2O2.C11H22FN.2C11H23NO.C10H19F2N.C10H20FN.2C10H21NO/c1-11(2)13-9-14(7-5-6-8-14)10-15(13)12(3)4;1-9(2)12-7-13(6-11(5)14-16-13)8-15(12)10(3)4;1-10(2)12-8-13(6-5-7-13)9-14(12)11(3)4;1-8(2)10-5-12(6-13-11(15)16-12)7-14(10)9(3)4;1-8(2)10-6-11(5,12)7-13(10)9(3)4;1-8(2)10-6-11(5,13)7-12(10)9(3)4;1-8(2)11-6-10(13-5)7-12(11)9(3)4;1-7(2)9-5-10(11,12)6-13(9)8(3)4;1-7(2)10-5-9(11)6-12(10)8(3)4;1-7(2)10-5-9(12)6-11(10)8(3)4;1-8(2)10-7-12-6-5-11(10)9(3)4/h11-13H,5-10H2,1-4H3;9-10,12H,6-8H2,1-5H3;10-12H,5-9H2,1-4H3;8-10H,5-7H2,1-4H3,(H,13,15);8-10H,6-7H2,1-5H3;8-10,13H,6-7H2,1-5H3;8-11H,6-7H2,1-5H3;7-9H,5-6H2,1-4H3;7-10H,5-6H2,1-4H3;7-10,12H,5-6H2,1-4H3;8-10H,5-7H2,1-4H3. The number of alkyl halides is 4. The van der Waals surface area contributed by atoms with E-state index in [1.54, 1.807) is 6.92 Å². The summed E-state index contributed by atoms with van der Waals surface area (Å²) < 4.78 is 69.5. The highest BCUT2D eigenvalue weighted by molar-refractivity contribution is 5.83. The van der Waals surface area contributed by atoms with Crippen LogP contribution in [0.1, 0.15) is 441 Å².